The normalized spacial score (nSPS) is 24.0. The third kappa shape index (κ3) is 3.90. The first kappa shape index (κ1) is 14.7. The van der Waals surface area contributed by atoms with E-state index in [0.717, 1.165) is 31.9 Å². The van der Waals surface area contributed by atoms with Gasteiger partial charge >= 0.3 is 0 Å². The second-order valence-corrected chi connectivity index (χ2v) is 5.78. The summed E-state index contributed by atoms with van der Waals surface area (Å²) < 4.78 is 32.1. The molecule has 2 rings (SSSR count). The lowest BCUT2D eigenvalue weighted by atomic mass is 9.78. The standard InChI is InChI=1S/C15H19ClF2O/c1-2-19-13-7-10(8-13)6-12(16)9-11-4-3-5-14(17)15(11)18/h3-5,10,12-13H,2,6-9H2,1H3. The zero-order valence-electron chi connectivity index (χ0n) is 11.0. The molecule has 4 heteroatoms. The van der Waals surface area contributed by atoms with Crippen LogP contribution in [0.2, 0.25) is 0 Å². The zero-order valence-corrected chi connectivity index (χ0v) is 11.8. The minimum absolute atomic E-state index is 0.149. The number of alkyl halides is 1. The predicted octanol–water partition coefficient (Wildman–Crippen LogP) is 4.32. The largest absolute Gasteiger partial charge is 0.378 e. The molecule has 19 heavy (non-hydrogen) atoms. The molecule has 0 N–H and O–H groups in total. The molecular weight excluding hydrogens is 270 g/mol. The Labute approximate surface area is 117 Å². The van der Waals surface area contributed by atoms with Gasteiger partial charge in [-0.25, -0.2) is 8.78 Å². The van der Waals surface area contributed by atoms with Crippen molar-refractivity contribution in [2.45, 2.75) is 44.1 Å². The van der Waals surface area contributed by atoms with E-state index in [0.29, 0.717) is 24.0 Å². The van der Waals surface area contributed by atoms with Gasteiger partial charge in [-0.05, 0) is 50.2 Å². The quantitative estimate of drug-likeness (QED) is 0.708. The molecule has 1 unspecified atom stereocenters. The first-order valence-corrected chi connectivity index (χ1v) is 7.22. The van der Waals surface area contributed by atoms with E-state index in [-0.39, 0.29) is 5.38 Å². The summed E-state index contributed by atoms with van der Waals surface area (Å²) in [7, 11) is 0. The third-order valence-electron chi connectivity index (χ3n) is 3.66. The Kier molecular flexibility index (Phi) is 5.17. The van der Waals surface area contributed by atoms with Gasteiger partial charge in [-0.3, -0.25) is 0 Å². The van der Waals surface area contributed by atoms with E-state index in [1.807, 2.05) is 6.92 Å². The van der Waals surface area contributed by atoms with Gasteiger partial charge in [0, 0.05) is 12.0 Å². The van der Waals surface area contributed by atoms with Crippen molar-refractivity contribution in [1.82, 2.24) is 0 Å². The predicted molar refractivity (Wildman–Crippen MR) is 72.5 cm³/mol. The van der Waals surface area contributed by atoms with Crippen molar-refractivity contribution in [1.29, 1.82) is 0 Å². The number of benzene rings is 1. The molecule has 1 aromatic carbocycles. The Morgan fingerprint density at radius 1 is 1.37 bits per heavy atom. The molecule has 1 aliphatic rings. The van der Waals surface area contributed by atoms with Crippen molar-refractivity contribution < 1.29 is 13.5 Å². The van der Waals surface area contributed by atoms with Crippen molar-refractivity contribution >= 4 is 11.6 Å². The Hall–Kier alpha value is -0.670. The van der Waals surface area contributed by atoms with E-state index in [1.165, 1.54) is 6.07 Å². The van der Waals surface area contributed by atoms with E-state index in [4.69, 9.17) is 16.3 Å². The maximum atomic E-state index is 13.5. The highest BCUT2D eigenvalue weighted by Crippen LogP contribution is 2.35. The van der Waals surface area contributed by atoms with Gasteiger partial charge in [-0.15, -0.1) is 11.6 Å². The molecule has 0 bridgehead atoms. The molecule has 0 amide bonds. The van der Waals surface area contributed by atoms with Crippen LogP contribution in [-0.2, 0) is 11.2 Å². The van der Waals surface area contributed by atoms with Crippen molar-refractivity contribution in [2.75, 3.05) is 6.61 Å². The minimum Gasteiger partial charge on any atom is -0.378 e. The van der Waals surface area contributed by atoms with Gasteiger partial charge in [0.25, 0.3) is 0 Å². The molecule has 0 radical (unpaired) electrons. The number of hydrogen-bond donors (Lipinski definition) is 0. The summed E-state index contributed by atoms with van der Waals surface area (Å²) in [5.74, 6) is -1.02. The smallest absolute Gasteiger partial charge is 0.162 e. The minimum atomic E-state index is -0.804. The van der Waals surface area contributed by atoms with Crippen molar-refractivity contribution in [3.63, 3.8) is 0 Å². The summed E-state index contributed by atoms with van der Waals surface area (Å²) >= 11 is 6.24. The lowest BCUT2D eigenvalue weighted by Crippen LogP contribution is -2.33. The molecule has 0 saturated heterocycles. The summed E-state index contributed by atoms with van der Waals surface area (Å²) in [5, 5.41) is -0.149. The highest BCUT2D eigenvalue weighted by atomic mass is 35.5. The molecule has 106 valence electrons. The van der Waals surface area contributed by atoms with Gasteiger partial charge in [0.2, 0.25) is 0 Å². The lowest BCUT2D eigenvalue weighted by Gasteiger charge is -2.36. The molecule has 1 nitrogen and oxygen atoms in total. The highest BCUT2D eigenvalue weighted by molar-refractivity contribution is 6.20. The van der Waals surface area contributed by atoms with Gasteiger partial charge < -0.3 is 4.74 Å². The fourth-order valence-corrected chi connectivity index (χ4v) is 3.05. The molecule has 1 fully saturated rings. The van der Waals surface area contributed by atoms with Crippen LogP contribution in [0.15, 0.2) is 18.2 Å². The zero-order chi connectivity index (χ0) is 13.8. The second kappa shape index (κ2) is 6.67. The topological polar surface area (TPSA) is 9.23 Å². The summed E-state index contributed by atoms with van der Waals surface area (Å²) in [4.78, 5) is 0. The molecule has 1 aliphatic carbocycles. The molecule has 1 aromatic rings. The Bertz CT molecular complexity index is 419. The molecule has 0 heterocycles. The summed E-state index contributed by atoms with van der Waals surface area (Å²) in [5.41, 5.74) is 0.362. The molecule has 1 atom stereocenters. The van der Waals surface area contributed by atoms with E-state index in [1.54, 1.807) is 6.07 Å². The van der Waals surface area contributed by atoms with Gasteiger partial charge in [-0.1, -0.05) is 12.1 Å². The van der Waals surface area contributed by atoms with Crippen LogP contribution in [0, 0.1) is 17.6 Å². The first-order valence-electron chi connectivity index (χ1n) is 6.78. The lowest BCUT2D eigenvalue weighted by molar-refractivity contribution is -0.0266. The summed E-state index contributed by atoms with van der Waals surface area (Å²) in [6, 6.07) is 4.24. The Morgan fingerprint density at radius 3 is 2.79 bits per heavy atom. The first-order chi connectivity index (χ1) is 9.10. The van der Waals surface area contributed by atoms with E-state index < -0.39 is 11.6 Å². The van der Waals surface area contributed by atoms with E-state index >= 15 is 0 Å². The highest BCUT2D eigenvalue weighted by Gasteiger charge is 2.31. The fraction of sp³-hybridized carbons (Fsp3) is 0.600. The van der Waals surface area contributed by atoms with E-state index in [9.17, 15) is 8.78 Å². The second-order valence-electron chi connectivity index (χ2n) is 5.16. The average Bonchev–Trinajstić information content (AvgIpc) is 2.32. The van der Waals surface area contributed by atoms with E-state index in [2.05, 4.69) is 0 Å². The number of hydrogen-bond acceptors (Lipinski definition) is 1. The number of halogens is 3. The van der Waals surface area contributed by atoms with Gasteiger partial charge in [0.05, 0.1) is 6.10 Å². The van der Waals surface area contributed by atoms with Crippen molar-refractivity contribution in [3.8, 4) is 0 Å². The number of ether oxygens (including phenoxy) is 1. The molecule has 0 aliphatic heterocycles. The van der Waals surface area contributed by atoms with Gasteiger partial charge in [0.1, 0.15) is 0 Å². The fourth-order valence-electron chi connectivity index (χ4n) is 2.63. The number of rotatable bonds is 6. The maximum Gasteiger partial charge on any atom is 0.162 e. The van der Waals surface area contributed by atoms with Crippen LogP contribution in [0.1, 0.15) is 31.7 Å². The van der Waals surface area contributed by atoms with Gasteiger partial charge in [0.15, 0.2) is 11.6 Å². The van der Waals surface area contributed by atoms with Crippen molar-refractivity contribution in [2.24, 2.45) is 5.92 Å². The maximum absolute atomic E-state index is 13.5. The van der Waals surface area contributed by atoms with Crippen LogP contribution >= 0.6 is 11.6 Å². The van der Waals surface area contributed by atoms with Crippen LogP contribution in [-0.4, -0.2) is 18.1 Å². The van der Waals surface area contributed by atoms with Crippen LogP contribution in [0.25, 0.3) is 0 Å². The SMILES string of the molecule is CCOC1CC(CC(Cl)Cc2cccc(F)c2F)C1. The summed E-state index contributed by atoms with van der Waals surface area (Å²) in [6.07, 6.45) is 3.64. The van der Waals surface area contributed by atoms with Gasteiger partial charge in [-0.2, -0.15) is 0 Å². The summed E-state index contributed by atoms with van der Waals surface area (Å²) in [6.45, 7) is 2.74. The molecule has 0 spiro atoms. The van der Waals surface area contributed by atoms with Crippen molar-refractivity contribution in [3.05, 3.63) is 35.4 Å². The van der Waals surface area contributed by atoms with Crippen LogP contribution in [0.4, 0.5) is 8.78 Å². The van der Waals surface area contributed by atoms with Crippen LogP contribution in [0.3, 0.4) is 0 Å². The monoisotopic (exact) mass is 288 g/mol. The third-order valence-corrected chi connectivity index (χ3v) is 3.99. The molecule has 0 aromatic heterocycles. The van der Waals surface area contributed by atoms with Crippen LogP contribution in [0.5, 0.6) is 0 Å². The Morgan fingerprint density at radius 2 is 2.11 bits per heavy atom. The molecule has 1 saturated carbocycles. The Balaban J connectivity index is 1.79. The average molecular weight is 289 g/mol. The molecular formula is C15H19ClF2O. The van der Waals surface area contributed by atoms with Crippen LogP contribution < -0.4 is 0 Å².